The third-order valence-electron chi connectivity index (χ3n) is 3.69. The van der Waals surface area contributed by atoms with E-state index in [0.29, 0.717) is 12.8 Å². The molecule has 2 rings (SSSR count). The fourth-order valence-electron chi connectivity index (χ4n) is 2.10. The molecule has 0 aliphatic carbocycles. The van der Waals surface area contributed by atoms with E-state index >= 15 is 0 Å². The lowest BCUT2D eigenvalue weighted by Gasteiger charge is -2.24. The Labute approximate surface area is 115 Å². The van der Waals surface area contributed by atoms with E-state index in [-0.39, 0.29) is 23.1 Å². The number of aliphatic hydroxyl groups is 1. The average Bonchev–Trinajstić information content (AvgIpc) is 2.85. The van der Waals surface area contributed by atoms with Crippen LogP contribution in [0.5, 0.6) is 0 Å². The molecule has 0 atom stereocenters. The number of fused-ring (bicyclic) bond motifs is 1. The quantitative estimate of drug-likeness (QED) is 0.916. The first-order chi connectivity index (χ1) is 9.45. The zero-order valence-corrected chi connectivity index (χ0v) is 11.5. The van der Waals surface area contributed by atoms with Crippen molar-refractivity contribution in [1.29, 1.82) is 0 Å². The van der Waals surface area contributed by atoms with E-state index in [0.717, 1.165) is 0 Å². The first-order valence-corrected chi connectivity index (χ1v) is 6.51. The van der Waals surface area contributed by atoms with Gasteiger partial charge < -0.3 is 5.11 Å². The summed E-state index contributed by atoms with van der Waals surface area (Å²) in [4.78, 5) is 0. The van der Waals surface area contributed by atoms with Crippen molar-refractivity contribution in [3.63, 3.8) is 0 Å². The highest BCUT2D eigenvalue weighted by molar-refractivity contribution is 5.78. The molecule has 6 heteroatoms. The van der Waals surface area contributed by atoms with E-state index in [1.54, 1.807) is 0 Å². The van der Waals surface area contributed by atoms with Crippen molar-refractivity contribution in [2.24, 2.45) is 0 Å². The van der Waals surface area contributed by atoms with Crippen LogP contribution in [0.2, 0.25) is 0 Å². The van der Waals surface area contributed by atoms with Crippen LogP contribution in [-0.4, -0.2) is 25.7 Å². The SMILES string of the molecule is C=Cc1cc2nnn(CC(O)(CC)CC)c2c(F)c1F. The summed E-state index contributed by atoms with van der Waals surface area (Å²) in [7, 11) is 0. The second-order valence-electron chi connectivity index (χ2n) is 4.84. The van der Waals surface area contributed by atoms with Crippen LogP contribution in [0, 0.1) is 11.6 Å². The highest BCUT2D eigenvalue weighted by Gasteiger charge is 2.26. The molecule has 0 aliphatic rings. The van der Waals surface area contributed by atoms with Crippen LogP contribution in [0.25, 0.3) is 17.1 Å². The standard InChI is InChI=1S/C14H17F2N3O/c1-4-9-7-10-13(12(16)11(9)15)19(18-17-10)8-14(20,5-2)6-3/h4,7,20H,1,5-6,8H2,2-3H3. The molecular weight excluding hydrogens is 264 g/mol. The van der Waals surface area contributed by atoms with Crippen LogP contribution >= 0.6 is 0 Å². The highest BCUT2D eigenvalue weighted by atomic mass is 19.2. The summed E-state index contributed by atoms with van der Waals surface area (Å²) in [6.07, 6.45) is 2.20. The van der Waals surface area contributed by atoms with Gasteiger partial charge >= 0.3 is 0 Å². The predicted molar refractivity (Wildman–Crippen MR) is 73.1 cm³/mol. The summed E-state index contributed by atoms with van der Waals surface area (Å²) in [5, 5.41) is 17.9. The van der Waals surface area contributed by atoms with Crippen molar-refractivity contribution in [3.05, 3.63) is 29.8 Å². The Bertz CT molecular complexity index is 647. The van der Waals surface area contributed by atoms with Gasteiger partial charge in [-0.25, -0.2) is 13.5 Å². The maximum atomic E-state index is 14.1. The minimum absolute atomic E-state index is 0.0339. The molecule has 1 N–H and O–H groups in total. The lowest BCUT2D eigenvalue weighted by atomic mass is 9.97. The van der Waals surface area contributed by atoms with Crippen LogP contribution in [0.15, 0.2) is 12.6 Å². The maximum Gasteiger partial charge on any atom is 0.186 e. The molecule has 0 bridgehead atoms. The molecule has 0 radical (unpaired) electrons. The second-order valence-corrected chi connectivity index (χ2v) is 4.84. The van der Waals surface area contributed by atoms with E-state index < -0.39 is 17.2 Å². The molecule has 1 aromatic heterocycles. The Morgan fingerprint density at radius 1 is 1.35 bits per heavy atom. The third-order valence-corrected chi connectivity index (χ3v) is 3.69. The fraction of sp³-hybridized carbons (Fsp3) is 0.429. The number of hydrogen-bond donors (Lipinski definition) is 1. The zero-order valence-electron chi connectivity index (χ0n) is 11.5. The van der Waals surface area contributed by atoms with Crippen LogP contribution in [0.1, 0.15) is 32.3 Å². The summed E-state index contributed by atoms with van der Waals surface area (Å²) >= 11 is 0. The van der Waals surface area contributed by atoms with Gasteiger partial charge in [-0.1, -0.05) is 31.7 Å². The van der Waals surface area contributed by atoms with Gasteiger partial charge in [-0.15, -0.1) is 5.10 Å². The van der Waals surface area contributed by atoms with E-state index in [9.17, 15) is 13.9 Å². The first kappa shape index (κ1) is 14.6. The van der Waals surface area contributed by atoms with Crippen LogP contribution in [0.4, 0.5) is 8.78 Å². The summed E-state index contributed by atoms with van der Waals surface area (Å²) in [6, 6.07) is 1.39. The predicted octanol–water partition coefficient (Wildman–Crippen LogP) is 2.90. The van der Waals surface area contributed by atoms with Gasteiger partial charge in [0.25, 0.3) is 0 Å². The topological polar surface area (TPSA) is 50.9 Å². The van der Waals surface area contributed by atoms with Gasteiger partial charge in [-0.05, 0) is 18.9 Å². The van der Waals surface area contributed by atoms with E-state index in [2.05, 4.69) is 16.9 Å². The lowest BCUT2D eigenvalue weighted by Crippen LogP contribution is -2.33. The summed E-state index contributed by atoms with van der Waals surface area (Å²) < 4.78 is 29.1. The maximum absolute atomic E-state index is 14.1. The monoisotopic (exact) mass is 281 g/mol. The minimum atomic E-state index is -1.02. The number of halogens is 2. The zero-order chi connectivity index (χ0) is 14.9. The van der Waals surface area contributed by atoms with Gasteiger partial charge in [-0.2, -0.15) is 0 Å². The summed E-state index contributed by atoms with van der Waals surface area (Å²) in [5.41, 5.74) is -0.759. The van der Waals surface area contributed by atoms with Crippen molar-refractivity contribution in [1.82, 2.24) is 15.0 Å². The molecule has 1 aromatic carbocycles. The van der Waals surface area contributed by atoms with Crippen molar-refractivity contribution in [2.45, 2.75) is 38.8 Å². The minimum Gasteiger partial charge on any atom is -0.388 e. The van der Waals surface area contributed by atoms with Crippen molar-refractivity contribution in [3.8, 4) is 0 Å². The summed E-state index contributed by atoms with van der Waals surface area (Å²) in [6.45, 7) is 7.16. The normalized spacial score (nSPS) is 12.1. The van der Waals surface area contributed by atoms with E-state index in [4.69, 9.17) is 0 Å². The van der Waals surface area contributed by atoms with Gasteiger partial charge in [0.1, 0.15) is 11.0 Å². The number of aromatic nitrogens is 3. The third kappa shape index (κ3) is 2.31. The van der Waals surface area contributed by atoms with E-state index in [1.807, 2.05) is 13.8 Å². The Kier molecular flexibility index (Phi) is 3.85. The number of benzene rings is 1. The molecule has 20 heavy (non-hydrogen) atoms. The van der Waals surface area contributed by atoms with Crippen LogP contribution in [0.3, 0.4) is 0 Å². The number of rotatable bonds is 5. The molecule has 0 fully saturated rings. The van der Waals surface area contributed by atoms with Gasteiger partial charge in [0.05, 0.1) is 12.1 Å². The van der Waals surface area contributed by atoms with E-state index in [1.165, 1.54) is 16.8 Å². The molecule has 108 valence electrons. The Morgan fingerprint density at radius 3 is 2.55 bits per heavy atom. The average molecular weight is 281 g/mol. The molecule has 0 aliphatic heterocycles. The molecule has 0 spiro atoms. The first-order valence-electron chi connectivity index (χ1n) is 6.51. The summed E-state index contributed by atoms with van der Waals surface area (Å²) in [5.74, 6) is -2.00. The Hall–Kier alpha value is -1.82. The van der Waals surface area contributed by atoms with Gasteiger partial charge in [0, 0.05) is 5.56 Å². The van der Waals surface area contributed by atoms with Crippen molar-refractivity contribution < 1.29 is 13.9 Å². The van der Waals surface area contributed by atoms with Gasteiger partial charge in [-0.3, -0.25) is 0 Å². The molecule has 2 aromatic rings. The van der Waals surface area contributed by atoms with Crippen molar-refractivity contribution >= 4 is 17.1 Å². The smallest absolute Gasteiger partial charge is 0.186 e. The molecule has 0 amide bonds. The second kappa shape index (κ2) is 5.28. The molecule has 1 heterocycles. The fourth-order valence-corrected chi connectivity index (χ4v) is 2.10. The van der Waals surface area contributed by atoms with Gasteiger partial charge in [0.2, 0.25) is 0 Å². The van der Waals surface area contributed by atoms with Gasteiger partial charge in [0.15, 0.2) is 11.6 Å². The largest absolute Gasteiger partial charge is 0.388 e. The molecule has 4 nitrogen and oxygen atoms in total. The van der Waals surface area contributed by atoms with Crippen LogP contribution in [-0.2, 0) is 6.54 Å². The van der Waals surface area contributed by atoms with Crippen molar-refractivity contribution in [2.75, 3.05) is 0 Å². The molecule has 0 unspecified atom stereocenters. The Morgan fingerprint density at radius 2 is 2.00 bits per heavy atom. The molecule has 0 saturated heterocycles. The number of hydrogen-bond acceptors (Lipinski definition) is 3. The lowest BCUT2D eigenvalue weighted by molar-refractivity contribution is 0.0124. The molecular formula is C14H17F2N3O. The Balaban J connectivity index is 2.57. The molecule has 0 saturated carbocycles. The highest BCUT2D eigenvalue weighted by Crippen LogP contribution is 2.25. The number of nitrogens with zero attached hydrogens (tertiary/aromatic N) is 3. The van der Waals surface area contributed by atoms with Crippen LogP contribution < -0.4 is 0 Å².